The molecule has 3 aromatic rings. The molecule has 0 fully saturated rings. The smallest absolute Gasteiger partial charge is 0.226 e. The maximum atomic E-state index is 13.5. The standard InChI is InChI=1S/C23H22FN5O/c1-28(2)17-12-8-15(9-13-17)22-26-23-25-18-4-3-5-19(30)20(18)21(29(23)27-22)14-6-10-16(24)11-7-14/h6-13,21H,3-5H2,1-2H3,(H,25,26,27)/t21-/m0/s1. The molecule has 152 valence electrons. The predicted octanol–water partition coefficient (Wildman–Crippen LogP) is 4.17. The Morgan fingerprint density at radius 1 is 1.07 bits per heavy atom. The Morgan fingerprint density at radius 3 is 2.50 bits per heavy atom. The summed E-state index contributed by atoms with van der Waals surface area (Å²) < 4.78 is 15.3. The second kappa shape index (κ2) is 7.09. The molecule has 2 heterocycles. The van der Waals surface area contributed by atoms with Gasteiger partial charge in [0.2, 0.25) is 5.95 Å². The largest absolute Gasteiger partial charge is 0.378 e. The number of hydrogen-bond donors (Lipinski definition) is 1. The zero-order valence-electron chi connectivity index (χ0n) is 16.9. The monoisotopic (exact) mass is 403 g/mol. The van der Waals surface area contributed by atoms with Gasteiger partial charge in [-0.3, -0.25) is 4.79 Å². The van der Waals surface area contributed by atoms with E-state index in [0.717, 1.165) is 35.4 Å². The van der Waals surface area contributed by atoms with Gasteiger partial charge in [0, 0.05) is 43.0 Å². The highest BCUT2D eigenvalue weighted by molar-refractivity contribution is 5.99. The van der Waals surface area contributed by atoms with Crippen LogP contribution in [0.1, 0.15) is 30.9 Å². The SMILES string of the molecule is CN(C)c1ccc(-c2nc3n(n2)[C@@H](c2ccc(F)cc2)C2=C(CCCC2=O)N3)cc1. The number of benzene rings is 2. The fraction of sp³-hybridized carbons (Fsp3) is 0.261. The van der Waals surface area contributed by atoms with Gasteiger partial charge in [-0.2, -0.15) is 4.98 Å². The number of allylic oxidation sites excluding steroid dienone is 2. The van der Waals surface area contributed by atoms with Crippen LogP contribution in [0, 0.1) is 5.82 Å². The molecule has 6 nitrogen and oxygen atoms in total. The van der Waals surface area contributed by atoms with Gasteiger partial charge < -0.3 is 10.2 Å². The number of anilines is 2. The van der Waals surface area contributed by atoms with E-state index in [-0.39, 0.29) is 11.6 Å². The van der Waals surface area contributed by atoms with Gasteiger partial charge in [-0.25, -0.2) is 9.07 Å². The minimum absolute atomic E-state index is 0.108. The van der Waals surface area contributed by atoms with E-state index in [1.807, 2.05) is 43.3 Å². The lowest BCUT2D eigenvalue weighted by molar-refractivity contribution is -0.116. The lowest BCUT2D eigenvalue weighted by Gasteiger charge is -2.32. The maximum Gasteiger partial charge on any atom is 0.226 e. The van der Waals surface area contributed by atoms with Crippen molar-refractivity contribution < 1.29 is 9.18 Å². The molecule has 0 bridgehead atoms. The summed E-state index contributed by atoms with van der Waals surface area (Å²) in [5.74, 6) is 0.986. The third-order valence-corrected chi connectivity index (χ3v) is 5.70. The highest BCUT2D eigenvalue weighted by Gasteiger charge is 2.36. The van der Waals surface area contributed by atoms with Crippen LogP contribution in [0.5, 0.6) is 0 Å². The molecule has 1 aromatic heterocycles. The zero-order chi connectivity index (χ0) is 20.8. The summed E-state index contributed by atoms with van der Waals surface area (Å²) >= 11 is 0. The van der Waals surface area contributed by atoms with Crippen molar-refractivity contribution >= 4 is 17.4 Å². The summed E-state index contributed by atoms with van der Waals surface area (Å²) in [7, 11) is 3.99. The van der Waals surface area contributed by atoms with Gasteiger partial charge in [0.05, 0.1) is 0 Å². The normalized spacial score (nSPS) is 18.0. The molecule has 0 amide bonds. The van der Waals surface area contributed by atoms with E-state index < -0.39 is 6.04 Å². The first-order valence-corrected chi connectivity index (χ1v) is 10.0. The number of carbonyl (C=O) groups excluding carboxylic acids is 1. The highest BCUT2D eigenvalue weighted by atomic mass is 19.1. The van der Waals surface area contributed by atoms with Gasteiger partial charge >= 0.3 is 0 Å². The Balaban J connectivity index is 1.61. The Bertz CT molecular complexity index is 1150. The summed E-state index contributed by atoms with van der Waals surface area (Å²) in [6.07, 6.45) is 2.12. The maximum absolute atomic E-state index is 13.5. The zero-order valence-corrected chi connectivity index (χ0v) is 16.9. The summed E-state index contributed by atoms with van der Waals surface area (Å²) in [5.41, 5.74) is 4.41. The van der Waals surface area contributed by atoms with E-state index in [2.05, 4.69) is 5.32 Å². The molecule has 0 saturated carbocycles. The van der Waals surface area contributed by atoms with Crippen LogP contribution in [-0.4, -0.2) is 34.6 Å². The van der Waals surface area contributed by atoms with E-state index in [1.165, 1.54) is 12.1 Å². The Kier molecular flexibility index (Phi) is 4.38. The van der Waals surface area contributed by atoms with E-state index in [0.29, 0.717) is 23.8 Å². The second-order valence-corrected chi connectivity index (χ2v) is 7.89. The van der Waals surface area contributed by atoms with Gasteiger partial charge in [-0.15, -0.1) is 5.10 Å². The summed E-state index contributed by atoms with van der Waals surface area (Å²) in [4.78, 5) is 19.6. The van der Waals surface area contributed by atoms with Crippen LogP contribution in [-0.2, 0) is 4.79 Å². The molecule has 2 aromatic carbocycles. The van der Waals surface area contributed by atoms with Crippen molar-refractivity contribution in [3.63, 3.8) is 0 Å². The molecule has 7 heteroatoms. The first-order valence-electron chi connectivity index (χ1n) is 10.0. The van der Waals surface area contributed by atoms with Crippen molar-refractivity contribution in [2.45, 2.75) is 25.3 Å². The number of aromatic nitrogens is 3. The molecule has 5 rings (SSSR count). The Hall–Kier alpha value is -3.48. The van der Waals surface area contributed by atoms with Crippen molar-refractivity contribution in [3.05, 3.63) is 71.2 Å². The molecule has 1 N–H and O–H groups in total. The topological polar surface area (TPSA) is 63.1 Å². The van der Waals surface area contributed by atoms with Crippen LogP contribution in [0.15, 0.2) is 59.8 Å². The van der Waals surface area contributed by atoms with Crippen LogP contribution < -0.4 is 10.2 Å². The van der Waals surface area contributed by atoms with Gasteiger partial charge in [0.1, 0.15) is 11.9 Å². The molecule has 0 spiro atoms. The molecule has 2 aliphatic rings. The Morgan fingerprint density at radius 2 is 1.80 bits per heavy atom. The summed E-state index contributed by atoms with van der Waals surface area (Å²) in [5, 5.41) is 8.08. The molecular formula is C23H22FN5O. The van der Waals surface area contributed by atoms with Crippen molar-refractivity contribution in [1.82, 2.24) is 14.8 Å². The number of Topliss-reactive ketones (excluding diaryl/α,β-unsaturated/α-hetero) is 1. The number of carbonyl (C=O) groups is 1. The Labute approximate surface area is 174 Å². The van der Waals surface area contributed by atoms with E-state index >= 15 is 0 Å². The van der Waals surface area contributed by atoms with Crippen molar-refractivity contribution in [3.8, 4) is 11.4 Å². The van der Waals surface area contributed by atoms with E-state index in [1.54, 1.807) is 16.8 Å². The number of fused-ring (bicyclic) bond motifs is 1. The number of rotatable bonds is 3. The van der Waals surface area contributed by atoms with Gasteiger partial charge in [-0.1, -0.05) is 12.1 Å². The van der Waals surface area contributed by atoms with Crippen LogP contribution in [0.2, 0.25) is 0 Å². The molecule has 1 atom stereocenters. The predicted molar refractivity (Wildman–Crippen MR) is 114 cm³/mol. The van der Waals surface area contributed by atoms with E-state index in [4.69, 9.17) is 10.1 Å². The lowest BCUT2D eigenvalue weighted by atomic mass is 9.85. The third kappa shape index (κ3) is 3.07. The highest BCUT2D eigenvalue weighted by Crippen LogP contribution is 2.40. The number of hydrogen-bond acceptors (Lipinski definition) is 5. The van der Waals surface area contributed by atoms with Crippen LogP contribution in [0.4, 0.5) is 16.0 Å². The summed E-state index contributed by atoms with van der Waals surface area (Å²) in [6, 6.07) is 13.9. The first-order chi connectivity index (χ1) is 14.5. The number of nitrogens with one attached hydrogen (secondary N) is 1. The van der Waals surface area contributed by atoms with Crippen LogP contribution >= 0.6 is 0 Å². The average molecular weight is 403 g/mol. The molecule has 0 unspecified atom stereocenters. The summed E-state index contributed by atoms with van der Waals surface area (Å²) in [6.45, 7) is 0. The molecule has 0 radical (unpaired) electrons. The van der Waals surface area contributed by atoms with Gasteiger partial charge in [-0.05, 0) is 54.8 Å². The molecule has 30 heavy (non-hydrogen) atoms. The third-order valence-electron chi connectivity index (χ3n) is 5.70. The van der Waals surface area contributed by atoms with Crippen molar-refractivity contribution in [2.24, 2.45) is 0 Å². The van der Waals surface area contributed by atoms with Crippen molar-refractivity contribution in [1.29, 1.82) is 0 Å². The van der Waals surface area contributed by atoms with Gasteiger partial charge in [0.25, 0.3) is 0 Å². The fourth-order valence-electron chi connectivity index (χ4n) is 4.14. The number of nitrogens with zero attached hydrogens (tertiary/aromatic N) is 4. The minimum atomic E-state index is -0.410. The van der Waals surface area contributed by atoms with Crippen LogP contribution in [0.25, 0.3) is 11.4 Å². The molecule has 1 aliphatic carbocycles. The minimum Gasteiger partial charge on any atom is -0.378 e. The fourth-order valence-corrected chi connectivity index (χ4v) is 4.14. The molecule has 0 saturated heterocycles. The van der Waals surface area contributed by atoms with Crippen molar-refractivity contribution in [2.75, 3.05) is 24.3 Å². The molecule has 1 aliphatic heterocycles. The quantitative estimate of drug-likeness (QED) is 0.711. The number of halogens is 1. The van der Waals surface area contributed by atoms with Crippen LogP contribution in [0.3, 0.4) is 0 Å². The second-order valence-electron chi connectivity index (χ2n) is 7.89. The lowest BCUT2D eigenvalue weighted by Crippen LogP contribution is -2.31. The molecular weight excluding hydrogens is 381 g/mol. The average Bonchev–Trinajstić information content (AvgIpc) is 3.17. The van der Waals surface area contributed by atoms with E-state index in [9.17, 15) is 9.18 Å². The first kappa shape index (κ1) is 18.5. The number of ketones is 1. The van der Waals surface area contributed by atoms with Gasteiger partial charge in [0.15, 0.2) is 11.6 Å².